The molecule has 1 aromatic carbocycles. The van der Waals surface area contributed by atoms with Crippen LogP contribution in [0.2, 0.25) is 0 Å². The SMILES string of the molecule is CCCNCCNC(=O)c1cnn(-c2cccc(Br)c2)c1C.Cl. The number of carbonyl (C=O) groups is 1. The van der Waals surface area contributed by atoms with E-state index in [0.717, 1.165) is 35.4 Å². The van der Waals surface area contributed by atoms with Gasteiger partial charge >= 0.3 is 0 Å². The van der Waals surface area contributed by atoms with Crippen molar-refractivity contribution in [3.8, 4) is 5.69 Å². The Bertz CT molecular complexity index is 645. The third-order valence-corrected chi connectivity index (χ3v) is 3.81. The second kappa shape index (κ2) is 9.70. The average Bonchev–Trinajstić information content (AvgIpc) is 2.88. The highest BCUT2D eigenvalue weighted by Crippen LogP contribution is 2.18. The van der Waals surface area contributed by atoms with Crippen LogP contribution < -0.4 is 10.6 Å². The summed E-state index contributed by atoms with van der Waals surface area (Å²) in [7, 11) is 0. The second-order valence-electron chi connectivity index (χ2n) is 5.04. The lowest BCUT2D eigenvalue weighted by molar-refractivity contribution is 0.0953. The zero-order valence-electron chi connectivity index (χ0n) is 13.3. The van der Waals surface area contributed by atoms with Gasteiger partial charge in [-0.1, -0.05) is 28.9 Å². The van der Waals surface area contributed by atoms with Crippen LogP contribution in [0.3, 0.4) is 0 Å². The Labute approximate surface area is 151 Å². The molecule has 0 radical (unpaired) electrons. The van der Waals surface area contributed by atoms with Crippen molar-refractivity contribution < 1.29 is 4.79 Å². The minimum Gasteiger partial charge on any atom is -0.351 e. The van der Waals surface area contributed by atoms with Crippen LogP contribution in [0.15, 0.2) is 34.9 Å². The largest absolute Gasteiger partial charge is 0.351 e. The topological polar surface area (TPSA) is 58.9 Å². The average molecular weight is 402 g/mol. The van der Waals surface area contributed by atoms with Crippen LogP contribution in [0.1, 0.15) is 29.4 Å². The van der Waals surface area contributed by atoms with E-state index in [-0.39, 0.29) is 18.3 Å². The molecular weight excluding hydrogens is 380 g/mol. The molecular formula is C16H22BrClN4O. The molecule has 0 unspecified atom stereocenters. The molecule has 0 aliphatic carbocycles. The quantitative estimate of drug-likeness (QED) is 0.701. The molecule has 0 aliphatic rings. The Balaban J connectivity index is 0.00000264. The minimum atomic E-state index is -0.0861. The molecule has 5 nitrogen and oxygen atoms in total. The molecule has 1 aromatic heterocycles. The Hall–Kier alpha value is -1.37. The lowest BCUT2D eigenvalue weighted by Gasteiger charge is -2.07. The van der Waals surface area contributed by atoms with Crippen molar-refractivity contribution >= 4 is 34.2 Å². The number of nitrogens with one attached hydrogen (secondary N) is 2. The number of aromatic nitrogens is 2. The molecule has 126 valence electrons. The summed E-state index contributed by atoms with van der Waals surface area (Å²) < 4.78 is 2.75. The maximum absolute atomic E-state index is 12.2. The molecule has 7 heteroatoms. The maximum atomic E-state index is 12.2. The predicted octanol–water partition coefficient (Wildman–Crippen LogP) is 3.09. The Morgan fingerprint density at radius 1 is 1.30 bits per heavy atom. The van der Waals surface area contributed by atoms with E-state index in [9.17, 15) is 4.79 Å². The van der Waals surface area contributed by atoms with E-state index in [4.69, 9.17) is 0 Å². The molecule has 0 spiro atoms. The second-order valence-corrected chi connectivity index (χ2v) is 5.96. The summed E-state index contributed by atoms with van der Waals surface area (Å²) >= 11 is 3.45. The van der Waals surface area contributed by atoms with Gasteiger partial charge in [-0.05, 0) is 38.1 Å². The van der Waals surface area contributed by atoms with Gasteiger partial charge < -0.3 is 10.6 Å². The summed E-state index contributed by atoms with van der Waals surface area (Å²) in [5, 5.41) is 10.5. The standard InChI is InChI=1S/C16H21BrN4O.ClH/c1-3-7-18-8-9-19-16(22)15-11-20-21(12(15)2)14-6-4-5-13(17)10-14;/h4-6,10-11,18H,3,7-9H2,1-2H3,(H,19,22);1H. The number of hydrogen-bond donors (Lipinski definition) is 2. The first-order chi connectivity index (χ1) is 10.6. The van der Waals surface area contributed by atoms with Gasteiger partial charge in [0.05, 0.1) is 23.1 Å². The van der Waals surface area contributed by atoms with Crippen LogP contribution >= 0.6 is 28.3 Å². The molecule has 0 atom stereocenters. The van der Waals surface area contributed by atoms with Crippen molar-refractivity contribution in [1.82, 2.24) is 20.4 Å². The summed E-state index contributed by atoms with van der Waals surface area (Å²) in [5.74, 6) is -0.0861. The number of halogens is 2. The number of carbonyl (C=O) groups excluding carboxylic acids is 1. The predicted molar refractivity (Wildman–Crippen MR) is 98.7 cm³/mol. The van der Waals surface area contributed by atoms with Crippen LogP contribution in [-0.4, -0.2) is 35.3 Å². The highest BCUT2D eigenvalue weighted by atomic mass is 79.9. The van der Waals surface area contributed by atoms with Crippen LogP contribution in [0.5, 0.6) is 0 Å². The highest BCUT2D eigenvalue weighted by molar-refractivity contribution is 9.10. The lowest BCUT2D eigenvalue weighted by Crippen LogP contribution is -2.32. The Morgan fingerprint density at radius 3 is 2.78 bits per heavy atom. The third kappa shape index (κ3) is 5.34. The van der Waals surface area contributed by atoms with Crippen molar-refractivity contribution in [3.63, 3.8) is 0 Å². The van der Waals surface area contributed by atoms with Gasteiger partial charge in [0.25, 0.3) is 5.91 Å². The van der Waals surface area contributed by atoms with Gasteiger partial charge in [-0.3, -0.25) is 4.79 Å². The summed E-state index contributed by atoms with van der Waals surface area (Å²) in [4.78, 5) is 12.2. The van der Waals surface area contributed by atoms with E-state index in [1.165, 1.54) is 0 Å². The number of rotatable bonds is 7. The molecule has 23 heavy (non-hydrogen) atoms. The van der Waals surface area contributed by atoms with Gasteiger partial charge in [0.2, 0.25) is 0 Å². The van der Waals surface area contributed by atoms with Gasteiger partial charge in [-0.25, -0.2) is 4.68 Å². The molecule has 1 heterocycles. The fourth-order valence-electron chi connectivity index (χ4n) is 2.16. The van der Waals surface area contributed by atoms with Gasteiger partial charge in [0.15, 0.2) is 0 Å². The number of hydrogen-bond acceptors (Lipinski definition) is 3. The highest BCUT2D eigenvalue weighted by Gasteiger charge is 2.14. The smallest absolute Gasteiger partial charge is 0.254 e. The fourth-order valence-corrected chi connectivity index (χ4v) is 2.55. The first kappa shape index (κ1) is 19.7. The third-order valence-electron chi connectivity index (χ3n) is 3.32. The first-order valence-corrected chi connectivity index (χ1v) is 8.22. The van der Waals surface area contributed by atoms with E-state index in [1.54, 1.807) is 10.9 Å². The number of nitrogens with zero attached hydrogens (tertiary/aromatic N) is 2. The number of benzene rings is 1. The van der Waals surface area contributed by atoms with E-state index in [2.05, 4.69) is 38.6 Å². The molecule has 0 aliphatic heterocycles. The minimum absolute atomic E-state index is 0. The van der Waals surface area contributed by atoms with Crippen molar-refractivity contribution in [3.05, 3.63) is 46.2 Å². The molecule has 2 rings (SSSR count). The van der Waals surface area contributed by atoms with Gasteiger partial charge in [-0.15, -0.1) is 12.4 Å². The molecule has 0 fully saturated rings. The fraction of sp³-hybridized carbons (Fsp3) is 0.375. The zero-order chi connectivity index (χ0) is 15.9. The molecule has 2 N–H and O–H groups in total. The van der Waals surface area contributed by atoms with Crippen molar-refractivity contribution in [2.45, 2.75) is 20.3 Å². The van der Waals surface area contributed by atoms with Crippen molar-refractivity contribution in [1.29, 1.82) is 0 Å². The van der Waals surface area contributed by atoms with Gasteiger partial charge in [0, 0.05) is 17.6 Å². The van der Waals surface area contributed by atoms with Crippen LogP contribution in [-0.2, 0) is 0 Å². The first-order valence-electron chi connectivity index (χ1n) is 7.43. The zero-order valence-corrected chi connectivity index (χ0v) is 15.7. The number of amides is 1. The monoisotopic (exact) mass is 400 g/mol. The maximum Gasteiger partial charge on any atom is 0.254 e. The van der Waals surface area contributed by atoms with E-state index >= 15 is 0 Å². The van der Waals surface area contributed by atoms with E-state index < -0.39 is 0 Å². The molecule has 2 aromatic rings. The lowest BCUT2D eigenvalue weighted by atomic mass is 10.2. The summed E-state index contributed by atoms with van der Waals surface area (Å²) in [5.41, 5.74) is 2.36. The van der Waals surface area contributed by atoms with Gasteiger partial charge in [0.1, 0.15) is 0 Å². The Kier molecular flexibility index (Phi) is 8.30. The normalized spacial score (nSPS) is 10.2. The summed E-state index contributed by atoms with van der Waals surface area (Å²) in [6.07, 6.45) is 2.71. The van der Waals surface area contributed by atoms with E-state index in [0.29, 0.717) is 12.1 Å². The van der Waals surface area contributed by atoms with Crippen molar-refractivity contribution in [2.24, 2.45) is 0 Å². The summed E-state index contributed by atoms with van der Waals surface area (Å²) in [6, 6.07) is 7.83. The van der Waals surface area contributed by atoms with E-state index in [1.807, 2.05) is 31.2 Å². The molecule has 0 saturated carbocycles. The van der Waals surface area contributed by atoms with Crippen LogP contribution in [0.4, 0.5) is 0 Å². The van der Waals surface area contributed by atoms with Crippen LogP contribution in [0.25, 0.3) is 5.69 Å². The van der Waals surface area contributed by atoms with Gasteiger partial charge in [-0.2, -0.15) is 5.10 Å². The Morgan fingerprint density at radius 2 is 2.09 bits per heavy atom. The van der Waals surface area contributed by atoms with Crippen molar-refractivity contribution in [2.75, 3.05) is 19.6 Å². The molecule has 0 saturated heterocycles. The molecule has 1 amide bonds. The molecule has 0 bridgehead atoms. The summed E-state index contributed by atoms with van der Waals surface area (Å²) in [6.45, 7) is 6.37. The van der Waals surface area contributed by atoms with Crippen LogP contribution in [0, 0.1) is 6.92 Å².